The van der Waals surface area contributed by atoms with Crippen LogP contribution in [-0.4, -0.2) is 43.3 Å². The summed E-state index contributed by atoms with van der Waals surface area (Å²) in [7, 11) is -3.49. The van der Waals surface area contributed by atoms with Crippen LogP contribution in [0.4, 0.5) is 4.39 Å². The smallest absolute Gasteiger partial charge is 0.223 e. The molecule has 7 heteroatoms. The zero-order valence-corrected chi connectivity index (χ0v) is 16.5. The Hall–Kier alpha value is -1.86. The molecule has 1 aliphatic heterocycles. The lowest BCUT2D eigenvalue weighted by Gasteiger charge is -2.31. The van der Waals surface area contributed by atoms with E-state index in [0.29, 0.717) is 38.1 Å². The number of sulfone groups is 1. The van der Waals surface area contributed by atoms with Gasteiger partial charge in [-0.2, -0.15) is 0 Å². The minimum Gasteiger partial charge on any atom is -0.343 e. The standard InChI is InChI=1S/C20H22FNO3S2/c21-16-6-8-18(9-7-16)27(24,25)19-10-13-22(14-11-19)20(23)12-15-26-17-4-2-1-3-5-17/h1-9,19H,10-15H2. The summed E-state index contributed by atoms with van der Waals surface area (Å²) >= 11 is 1.64. The molecule has 0 radical (unpaired) electrons. The minimum atomic E-state index is -3.49. The first kappa shape index (κ1) is 19.9. The van der Waals surface area contributed by atoms with Gasteiger partial charge in [0.15, 0.2) is 9.84 Å². The second kappa shape index (κ2) is 8.89. The number of piperidine rings is 1. The molecule has 2 aromatic carbocycles. The van der Waals surface area contributed by atoms with Crippen molar-refractivity contribution < 1.29 is 17.6 Å². The minimum absolute atomic E-state index is 0.0658. The molecule has 1 aliphatic rings. The van der Waals surface area contributed by atoms with Crippen molar-refractivity contribution in [3.8, 4) is 0 Å². The van der Waals surface area contributed by atoms with Crippen molar-refractivity contribution in [3.63, 3.8) is 0 Å². The van der Waals surface area contributed by atoms with Crippen molar-refractivity contribution in [2.45, 2.75) is 34.3 Å². The van der Waals surface area contributed by atoms with Crippen LogP contribution in [0.5, 0.6) is 0 Å². The van der Waals surface area contributed by atoms with Gasteiger partial charge in [0.25, 0.3) is 0 Å². The number of hydrogen-bond acceptors (Lipinski definition) is 4. The van der Waals surface area contributed by atoms with Gasteiger partial charge in [-0.05, 0) is 49.2 Å². The molecule has 0 spiro atoms. The molecule has 1 amide bonds. The highest BCUT2D eigenvalue weighted by molar-refractivity contribution is 7.99. The van der Waals surface area contributed by atoms with E-state index in [0.717, 1.165) is 17.0 Å². The van der Waals surface area contributed by atoms with Gasteiger partial charge in [-0.1, -0.05) is 18.2 Å². The van der Waals surface area contributed by atoms with Crippen LogP contribution in [0.25, 0.3) is 0 Å². The molecule has 0 bridgehead atoms. The highest BCUT2D eigenvalue weighted by atomic mass is 32.2. The Labute approximate surface area is 163 Å². The molecule has 3 rings (SSSR count). The van der Waals surface area contributed by atoms with Crippen molar-refractivity contribution in [2.24, 2.45) is 0 Å². The molecule has 0 aromatic heterocycles. The summed E-state index contributed by atoms with van der Waals surface area (Å²) in [4.78, 5) is 15.4. The zero-order valence-electron chi connectivity index (χ0n) is 14.9. The lowest BCUT2D eigenvalue weighted by molar-refractivity contribution is -0.131. The summed E-state index contributed by atoms with van der Waals surface area (Å²) in [5, 5.41) is -0.522. The van der Waals surface area contributed by atoms with Gasteiger partial charge in [-0.3, -0.25) is 4.79 Å². The molecule has 0 saturated carbocycles. The summed E-state index contributed by atoms with van der Waals surface area (Å²) in [6.45, 7) is 0.889. The Morgan fingerprint density at radius 2 is 1.67 bits per heavy atom. The number of benzene rings is 2. The predicted octanol–water partition coefficient (Wildman–Crippen LogP) is 3.77. The average molecular weight is 408 g/mol. The van der Waals surface area contributed by atoms with Crippen molar-refractivity contribution in [3.05, 3.63) is 60.4 Å². The molecule has 27 heavy (non-hydrogen) atoms. The third-order valence-corrected chi connectivity index (χ3v) is 8.00. The van der Waals surface area contributed by atoms with Crippen LogP contribution in [0.2, 0.25) is 0 Å². The van der Waals surface area contributed by atoms with E-state index >= 15 is 0 Å². The molecular formula is C20H22FNO3S2. The van der Waals surface area contributed by atoms with Crippen LogP contribution < -0.4 is 0 Å². The quantitative estimate of drug-likeness (QED) is 0.540. The van der Waals surface area contributed by atoms with Crippen LogP contribution in [-0.2, 0) is 14.6 Å². The van der Waals surface area contributed by atoms with Gasteiger partial charge in [-0.25, -0.2) is 12.8 Å². The molecule has 4 nitrogen and oxygen atoms in total. The highest BCUT2D eigenvalue weighted by Gasteiger charge is 2.32. The van der Waals surface area contributed by atoms with Gasteiger partial charge in [-0.15, -0.1) is 11.8 Å². The summed E-state index contributed by atoms with van der Waals surface area (Å²) in [6.07, 6.45) is 1.27. The number of carbonyl (C=O) groups excluding carboxylic acids is 1. The second-order valence-corrected chi connectivity index (χ2v) is 9.89. The van der Waals surface area contributed by atoms with Gasteiger partial charge in [0.2, 0.25) is 5.91 Å². The molecular weight excluding hydrogens is 385 g/mol. The first-order chi connectivity index (χ1) is 13.0. The van der Waals surface area contributed by atoms with E-state index in [1.54, 1.807) is 16.7 Å². The maximum Gasteiger partial charge on any atom is 0.223 e. The van der Waals surface area contributed by atoms with Crippen molar-refractivity contribution in [1.82, 2.24) is 4.90 Å². The fourth-order valence-electron chi connectivity index (χ4n) is 3.16. The lowest BCUT2D eigenvalue weighted by Crippen LogP contribution is -2.42. The van der Waals surface area contributed by atoms with Crippen molar-refractivity contribution >= 4 is 27.5 Å². The van der Waals surface area contributed by atoms with E-state index in [1.165, 1.54) is 12.1 Å². The average Bonchev–Trinajstić information content (AvgIpc) is 2.69. The first-order valence-corrected chi connectivity index (χ1v) is 11.4. The fourth-order valence-corrected chi connectivity index (χ4v) is 5.76. The van der Waals surface area contributed by atoms with E-state index in [2.05, 4.69) is 0 Å². The largest absolute Gasteiger partial charge is 0.343 e. The van der Waals surface area contributed by atoms with E-state index in [1.807, 2.05) is 30.3 Å². The Morgan fingerprint density at radius 3 is 2.30 bits per heavy atom. The van der Waals surface area contributed by atoms with Gasteiger partial charge < -0.3 is 4.90 Å². The highest BCUT2D eigenvalue weighted by Crippen LogP contribution is 2.25. The molecule has 0 N–H and O–H groups in total. The SMILES string of the molecule is O=C(CCSc1ccccc1)N1CCC(S(=O)(=O)c2ccc(F)cc2)CC1. The summed E-state index contributed by atoms with van der Waals surface area (Å²) in [5.41, 5.74) is 0. The number of amides is 1. The van der Waals surface area contributed by atoms with E-state index in [9.17, 15) is 17.6 Å². The van der Waals surface area contributed by atoms with Gasteiger partial charge in [0, 0.05) is 30.2 Å². The van der Waals surface area contributed by atoms with Crippen LogP contribution in [0.3, 0.4) is 0 Å². The van der Waals surface area contributed by atoms with Gasteiger partial charge >= 0.3 is 0 Å². The number of carbonyl (C=O) groups is 1. The van der Waals surface area contributed by atoms with Crippen LogP contribution >= 0.6 is 11.8 Å². The molecule has 1 saturated heterocycles. The van der Waals surface area contributed by atoms with Crippen LogP contribution in [0.1, 0.15) is 19.3 Å². The molecule has 0 unspecified atom stereocenters. The van der Waals surface area contributed by atoms with Gasteiger partial charge in [0.05, 0.1) is 10.1 Å². The summed E-state index contributed by atoms with van der Waals surface area (Å²) in [5.74, 6) is 0.315. The van der Waals surface area contributed by atoms with E-state index in [-0.39, 0.29) is 10.8 Å². The Morgan fingerprint density at radius 1 is 1.04 bits per heavy atom. The van der Waals surface area contributed by atoms with Crippen molar-refractivity contribution in [1.29, 1.82) is 0 Å². The number of thioether (sulfide) groups is 1. The monoisotopic (exact) mass is 407 g/mol. The van der Waals surface area contributed by atoms with E-state index in [4.69, 9.17) is 0 Å². The Balaban J connectivity index is 1.49. The van der Waals surface area contributed by atoms with Crippen LogP contribution in [0.15, 0.2) is 64.4 Å². The van der Waals surface area contributed by atoms with E-state index < -0.39 is 20.9 Å². The number of hydrogen-bond donors (Lipinski definition) is 0. The topological polar surface area (TPSA) is 54.5 Å². The number of nitrogens with zero attached hydrogens (tertiary/aromatic N) is 1. The lowest BCUT2D eigenvalue weighted by atomic mass is 10.1. The Kier molecular flexibility index (Phi) is 6.55. The molecule has 0 aliphatic carbocycles. The maximum absolute atomic E-state index is 13.0. The zero-order chi connectivity index (χ0) is 19.3. The third kappa shape index (κ3) is 5.11. The predicted molar refractivity (Wildman–Crippen MR) is 105 cm³/mol. The third-order valence-electron chi connectivity index (χ3n) is 4.70. The Bertz CT molecular complexity index is 862. The molecule has 144 valence electrons. The molecule has 1 heterocycles. The fraction of sp³-hybridized carbons (Fsp3) is 0.350. The number of halogens is 1. The normalized spacial score (nSPS) is 15.7. The van der Waals surface area contributed by atoms with Crippen molar-refractivity contribution in [2.75, 3.05) is 18.8 Å². The summed E-state index contributed by atoms with van der Waals surface area (Å²) in [6, 6.07) is 14.9. The first-order valence-electron chi connectivity index (χ1n) is 8.92. The number of rotatable bonds is 6. The second-order valence-electron chi connectivity index (χ2n) is 6.49. The maximum atomic E-state index is 13.0. The number of likely N-dealkylation sites (tertiary alicyclic amines) is 1. The summed E-state index contributed by atoms with van der Waals surface area (Å²) < 4.78 is 38.4. The molecule has 1 fully saturated rings. The van der Waals surface area contributed by atoms with Gasteiger partial charge in [0.1, 0.15) is 5.82 Å². The van der Waals surface area contributed by atoms with Crippen LogP contribution in [0, 0.1) is 5.82 Å². The molecule has 0 atom stereocenters. The molecule has 2 aromatic rings.